The molecular formula is C14H18ClN3O2. The van der Waals surface area contributed by atoms with Gasteiger partial charge in [-0.2, -0.15) is 0 Å². The summed E-state index contributed by atoms with van der Waals surface area (Å²) in [4.78, 5) is 23.6. The molecule has 0 bridgehead atoms. The third kappa shape index (κ3) is 2.78. The topological polar surface area (TPSA) is 98.2 Å². The van der Waals surface area contributed by atoms with E-state index in [-0.39, 0.29) is 16.5 Å². The first-order chi connectivity index (χ1) is 9.48. The zero-order valence-corrected chi connectivity index (χ0v) is 11.9. The SMILES string of the molecule is NCC1(C(=O)Nc2ccc(Cl)c(C(N)=O)c2)CCCC1. The molecule has 0 spiro atoms. The fourth-order valence-corrected chi connectivity index (χ4v) is 2.84. The minimum atomic E-state index is -0.625. The van der Waals surface area contributed by atoms with Crippen molar-refractivity contribution >= 4 is 29.1 Å². The van der Waals surface area contributed by atoms with E-state index in [1.54, 1.807) is 12.1 Å². The fourth-order valence-electron chi connectivity index (χ4n) is 2.63. The molecule has 5 N–H and O–H groups in total. The van der Waals surface area contributed by atoms with Crippen molar-refractivity contribution < 1.29 is 9.59 Å². The van der Waals surface area contributed by atoms with Gasteiger partial charge < -0.3 is 16.8 Å². The van der Waals surface area contributed by atoms with Crippen molar-refractivity contribution in [2.45, 2.75) is 25.7 Å². The summed E-state index contributed by atoms with van der Waals surface area (Å²) in [7, 11) is 0. The van der Waals surface area contributed by atoms with Gasteiger partial charge in [-0.3, -0.25) is 9.59 Å². The summed E-state index contributed by atoms with van der Waals surface area (Å²) in [6, 6.07) is 4.68. The Morgan fingerprint density at radius 1 is 1.30 bits per heavy atom. The number of nitrogens with one attached hydrogen (secondary N) is 1. The number of hydrogen-bond acceptors (Lipinski definition) is 3. The quantitative estimate of drug-likeness (QED) is 0.791. The monoisotopic (exact) mass is 295 g/mol. The van der Waals surface area contributed by atoms with Crippen molar-refractivity contribution in [2.24, 2.45) is 16.9 Å². The van der Waals surface area contributed by atoms with Crippen molar-refractivity contribution in [1.82, 2.24) is 0 Å². The Morgan fingerprint density at radius 2 is 1.95 bits per heavy atom. The summed E-state index contributed by atoms with van der Waals surface area (Å²) in [5.41, 5.74) is 11.2. The van der Waals surface area contributed by atoms with Gasteiger partial charge in [0.15, 0.2) is 0 Å². The normalized spacial score (nSPS) is 16.9. The number of halogens is 1. The largest absolute Gasteiger partial charge is 0.366 e. The third-order valence-corrected chi connectivity index (χ3v) is 4.25. The van der Waals surface area contributed by atoms with E-state index in [1.165, 1.54) is 6.07 Å². The van der Waals surface area contributed by atoms with Crippen LogP contribution in [0.15, 0.2) is 18.2 Å². The maximum Gasteiger partial charge on any atom is 0.250 e. The number of benzene rings is 1. The molecule has 1 saturated carbocycles. The molecule has 0 heterocycles. The summed E-state index contributed by atoms with van der Waals surface area (Å²) < 4.78 is 0. The van der Waals surface area contributed by atoms with Crippen molar-refractivity contribution in [1.29, 1.82) is 0 Å². The van der Waals surface area contributed by atoms with E-state index < -0.39 is 11.3 Å². The average molecular weight is 296 g/mol. The maximum absolute atomic E-state index is 12.4. The minimum Gasteiger partial charge on any atom is -0.366 e. The highest BCUT2D eigenvalue weighted by atomic mass is 35.5. The van der Waals surface area contributed by atoms with Gasteiger partial charge in [0.05, 0.1) is 16.0 Å². The predicted molar refractivity (Wildman–Crippen MR) is 78.6 cm³/mol. The lowest BCUT2D eigenvalue weighted by molar-refractivity contribution is -0.124. The van der Waals surface area contributed by atoms with Gasteiger partial charge in [-0.15, -0.1) is 0 Å². The first-order valence-electron chi connectivity index (χ1n) is 6.59. The van der Waals surface area contributed by atoms with Crippen LogP contribution < -0.4 is 16.8 Å². The number of rotatable bonds is 4. The van der Waals surface area contributed by atoms with Crippen LogP contribution in [0.3, 0.4) is 0 Å². The number of primary amides is 1. The van der Waals surface area contributed by atoms with Gasteiger partial charge in [0.1, 0.15) is 0 Å². The second kappa shape index (κ2) is 5.81. The van der Waals surface area contributed by atoms with Gasteiger partial charge >= 0.3 is 0 Å². The van der Waals surface area contributed by atoms with Crippen LogP contribution in [0.1, 0.15) is 36.0 Å². The fraction of sp³-hybridized carbons (Fsp3) is 0.429. The molecule has 2 amide bonds. The zero-order valence-electron chi connectivity index (χ0n) is 11.1. The van der Waals surface area contributed by atoms with Crippen LogP contribution in [0.25, 0.3) is 0 Å². The second-order valence-electron chi connectivity index (χ2n) is 5.20. The van der Waals surface area contributed by atoms with Crippen LogP contribution in [0.5, 0.6) is 0 Å². The van der Waals surface area contributed by atoms with Crippen molar-refractivity contribution in [2.75, 3.05) is 11.9 Å². The smallest absolute Gasteiger partial charge is 0.250 e. The van der Waals surface area contributed by atoms with E-state index in [0.717, 1.165) is 25.7 Å². The summed E-state index contributed by atoms with van der Waals surface area (Å²) >= 11 is 5.88. The Labute approximate surface area is 122 Å². The van der Waals surface area contributed by atoms with E-state index in [9.17, 15) is 9.59 Å². The molecule has 0 saturated heterocycles. The van der Waals surface area contributed by atoms with Crippen molar-refractivity contribution in [3.05, 3.63) is 28.8 Å². The van der Waals surface area contributed by atoms with Crippen LogP contribution in [0, 0.1) is 5.41 Å². The van der Waals surface area contributed by atoms with Crippen molar-refractivity contribution in [3.63, 3.8) is 0 Å². The van der Waals surface area contributed by atoms with Gasteiger partial charge in [-0.05, 0) is 31.0 Å². The molecule has 0 atom stereocenters. The standard InChI is InChI=1S/C14H18ClN3O2/c15-11-4-3-9(7-10(11)12(17)19)18-13(20)14(8-16)5-1-2-6-14/h3-4,7H,1-2,5-6,8,16H2,(H2,17,19)(H,18,20). The van der Waals surface area contributed by atoms with Gasteiger partial charge in [0.2, 0.25) is 11.8 Å². The zero-order chi connectivity index (χ0) is 14.8. The number of carbonyl (C=O) groups excluding carboxylic acids is 2. The molecule has 1 aliphatic carbocycles. The number of anilines is 1. The number of nitrogens with two attached hydrogens (primary N) is 2. The van der Waals surface area contributed by atoms with Crippen LogP contribution in [-0.4, -0.2) is 18.4 Å². The highest BCUT2D eigenvalue weighted by molar-refractivity contribution is 6.34. The molecule has 108 valence electrons. The van der Waals surface area contributed by atoms with E-state index in [4.69, 9.17) is 23.1 Å². The number of carbonyl (C=O) groups is 2. The molecule has 1 fully saturated rings. The summed E-state index contributed by atoms with van der Waals surface area (Å²) in [5, 5.41) is 3.08. The lowest BCUT2D eigenvalue weighted by Crippen LogP contribution is -2.40. The molecule has 20 heavy (non-hydrogen) atoms. The van der Waals surface area contributed by atoms with E-state index in [1.807, 2.05) is 0 Å². The molecule has 6 heteroatoms. The number of amides is 2. The summed E-state index contributed by atoms with van der Waals surface area (Å²) in [6.45, 7) is 0.328. The Kier molecular flexibility index (Phi) is 4.30. The van der Waals surface area contributed by atoms with Crippen molar-refractivity contribution in [3.8, 4) is 0 Å². The van der Waals surface area contributed by atoms with Gasteiger partial charge in [0.25, 0.3) is 0 Å². The Bertz CT molecular complexity index is 539. The lowest BCUT2D eigenvalue weighted by Gasteiger charge is -2.25. The molecule has 0 unspecified atom stereocenters. The molecule has 1 aliphatic rings. The van der Waals surface area contributed by atoms with Gasteiger partial charge in [-0.1, -0.05) is 24.4 Å². The summed E-state index contributed by atoms with van der Waals surface area (Å²) in [6.07, 6.45) is 3.62. The van der Waals surface area contributed by atoms with Crippen LogP contribution in [0.4, 0.5) is 5.69 Å². The summed E-state index contributed by atoms with van der Waals surface area (Å²) in [5.74, 6) is -0.726. The highest BCUT2D eigenvalue weighted by Crippen LogP contribution is 2.38. The third-order valence-electron chi connectivity index (χ3n) is 3.92. The molecule has 0 aliphatic heterocycles. The lowest BCUT2D eigenvalue weighted by atomic mass is 9.85. The van der Waals surface area contributed by atoms with Crippen LogP contribution in [-0.2, 0) is 4.79 Å². The Balaban J connectivity index is 2.19. The van der Waals surface area contributed by atoms with Crippen LogP contribution in [0.2, 0.25) is 5.02 Å². The minimum absolute atomic E-state index is 0.102. The molecule has 0 aromatic heterocycles. The first kappa shape index (κ1) is 14.8. The molecular weight excluding hydrogens is 278 g/mol. The molecule has 1 aromatic carbocycles. The molecule has 5 nitrogen and oxygen atoms in total. The maximum atomic E-state index is 12.4. The van der Waals surface area contributed by atoms with Crippen LogP contribution >= 0.6 is 11.6 Å². The van der Waals surface area contributed by atoms with E-state index in [0.29, 0.717) is 12.2 Å². The number of hydrogen-bond donors (Lipinski definition) is 3. The molecule has 1 aromatic rings. The van der Waals surface area contributed by atoms with E-state index >= 15 is 0 Å². The molecule has 0 radical (unpaired) electrons. The average Bonchev–Trinajstić information content (AvgIpc) is 2.90. The Hall–Kier alpha value is -1.59. The highest BCUT2D eigenvalue weighted by Gasteiger charge is 2.39. The van der Waals surface area contributed by atoms with Gasteiger partial charge in [0, 0.05) is 12.2 Å². The van der Waals surface area contributed by atoms with E-state index in [2.05, 4.69) is 5.32 Å². The van der Waals surface area contributed by atoms with Gasteiger partial charge in [-0.25, -0.2) is 0 Å². The second-order valence-corrected chi connectivity index (χ2v) is 5.61. The predicted octanol–water partition coefficient (Wildman–Crippen LogP) is 1.90. The first-order valence-corrected chi connectivity index (χ1v) is 6.97. The Morgan fingerprint density at radius 3 is 2.50 bits per heavy atom. The molecule has 2 rings (SSSR count).